The summed E-state index contributed by atoms with van der Waals surface area (Å²) in [6.45, 7) is -0.614. The fourth-order valence-corrected chi connectivity index (χ4v) is 4.88. The third kappa shape index (κ3) is 5.49. The van der Waals surface area contributed by atoms with Crippen molar-refractivity contribution in [3.05, 3.63) is 63.0 Å². The van der Waals surface area contributed by atoms with E-state index in [4.69, 9.17) is 44.3 Å². The van der Waals surface area contributed by atoms with Crippen molar-refractivity contribution in [2.45, 2.75) is 29.9 Å². The molecule has 0 unspecified atom stereocenters. The van der Waals surface area contributed by atoms with E-state index in [9.17, 15) is 28.5 Å². The number of hydrogen-bond donors (Lipinski definition) is 3. The minimum absolute atomic E-state index is 0.000403. The Morgan fingerprint density at radius 1 is 1.00 bits per heavy atom. The molecule has 3 N–H and O–H groups in total. The Bertz CT molecular complexity index is 1220. The summed E-state index contributed by atoms with van der Waals surface area (Å²) in [7, 11) is 0. The smallest absolute Gasteiger partial charge is 0.227 e. The minimum Gasteiger partial charge on any atom is -0.460 e. The second-order valence-corrected chi connectivity index (χ2v) is 9.70. The quantitative estimate of drug-likeness (QED) is 0.303. The predicted molar refractivity (Wildman–Crippen MR) is 122 cm³/mol. The largest absolute Gasteiger partial charge is 0.460 e. The lowest BCUT2D eigenvalue weighted by molar-refractivity contribution is -0.237. The van der Waals surface area contributed by atoms with Crippen LogP contribution in [-0.2, 0) is 4.74 Å². The highest BCUT2D eigenvalue weighted by molar-refractivity contribution is 7.98. The fourth-order valence-electron chi connectivity index (χ4n) is 3.26. The molecule has 35 heavy (non-hydrogen) atoms. The van der Waals surface area contributed by atoms with Crippen molar-refractivity contribution in [2.75, 3.05) is 6.61 Å². The molecule has 2 aromatic carbocycles. The van der Waals surface area contributed by atoms with Gasteiger partial charge in [-0.1, -0.05) is 40.0 Å². The van der Waals surface area contributed by atoms with E-state index in [0.717, 1.165) is 28.2 Å². The highest BCUT2D eigenvalue weighted by Crippen LogP contribution is 2.37. The standard InChI is InChI=1S/C20H15Cl3F3N3O5S/c21-8-3-10(23)14(4-9(8)22)33-20-18(32)19(17(31)15(6-30)34-20)35-29-5-13(27-28-29)7-1-11(24)16(26)12(25)2-7/h1-5,15,17-20,30-32H,6H2/t15-,17+,18-,19+,20+/m1/s1. The van der Waals surface area contributed by atoms with Gasteiger partial charge in [-0.3, -0.25) is 0 Å². The lowest BCUT2D eigenvalue weighted by atomic mass is 10.0. The number of aliphatic hydroxyl groups is 3. The van der Waals surface area contributed by atoms with Gasteiger partial charge in [-0.05, 0) is 30.1 Å². The van der Waals surface area contributed by atoms with E-state index in [0.29, 0.717) is 0 Å². The van der Waals surface area contributed by atoms with Crippen LogP contribution < -0.4 is 4.74 Å². The van der Waals surface area contributed by atoms with Gasteiger partial charge in [-0.15, -0.1) is 5.10 Å². The lowest BCUT2D eigenvalue weighted by Crippen LogP contribution is -2.59. The Balaban J connectivity index is 1.56. The average Bonchev–Trinajstić information content (AvgIpc) is 3.28. The number of halogens is 6. The SMILES string of the molecule is OC[C@H]1O[C@H](Oc2cc(Cl)c(Cl)cc2Cl)[C@H](O)[C@@H](Sn2cc(-c3cc(F)c(F)c(F)c3)nn2)[C@H]1O. The van der Waals surface area contributed by atoms with Gasteiger partial charge in [-0.25, -0.2) is 13.2 Å². The van der Waals surface area contributed by atoms with Crippen molar-refractivity contribution in [3.8, 4) is 17.0 Å². The number of ether oxygens (including phenoxy) is 2. The van der Waals surface area contributed by atoms with Crippen LogP contribution in [0.3, 0.4) is 0 Å². The highest BCUT2D eigenvalue weighted by atomic mass is 35.5. The summed E-state index contributed by atoms with van der Waals surface area (Å²) in [4.78, 5) is 0. The average molecular weight is 573 g/mol. The number of hydrogen-bond acceptors (Lipinski definition) is 8. The summed E-state index contributed by atoms with van der Waals surface area (Å²) < 4.78 is 52.6. The van der Waals surface area contributed by atoms with E-state index < -0.39 is 53.9 Å². The van der Waals surface area contributed by atoms with Gasteiger partial charge >= 0.3 is 0 Å². The second-order valence-electron chi connectivity index (χ2n) is 7.35. The van der Waals surface area contributed by atoms with Crippen LogP contribution >= 0.6 is 46.8 Å². The number of nitrogens with zero attached hydrogens (tertiary/aromatic N) is 3. The molecule has 2 heterocycles. The van der Waals surface area contributed by atoms with Crippen molar-refractivity contribution >= 4 is 46.8 Å². The van der Waals surface area contributed by atoms with Crippen LogP contribution in [0.2, 0.25) is 15.1 Å². The van der Waals surface area contributed by atoms with Crippen LogP contribution in [0.5, 0.6) is 5.75 Å². The summed E-state index contributed by atoms with van der Waals surface area (Å²) in [6.07, 6.45) is -4.18. The zero-order valence-electron chi connectivity index (χ0n) is 17.2. The van der Waals surface area contributed by atoms with Crippen molar-refractivity contribution in [1.82, 2.24) is 14.4 Å². The van der Waals surface area contributed by atoms with Gasteiger partial charge in [0.1, 0.15) is 23.7 Å². The van der Waals surface area contributed by atoms with Crippen LogP contribution in [-0.4, -0.2) is 66.2 Å². The van der Waals surface area contributed by atoms with Gasteiger partial charge in [0.05, 0.1) is 39.2 Å². The zero-order chi connectivity index (χ0) is 25.4. The zero-order valence-corrected chi connectivity index (χ0v) is 20.2. The fraction of sp³-hybridized carbons (Fsp3) is 0.300. The number of rotatable bonds is 6. The Morgan fingerprint density at radius 2 is 1.66 bits per heavy atom. The normalized spacial score (nSPS) is 24.5. The van der Waals surface area contributed by atoms with Crippen molar-refractivity contribution in [2.24, 2.45) is 0 Å². The van der Waals surface area contributed by atoms with E-state index in [1.165, 1.54) is 18.3 Å². The minimum atomic E-state index is -1.62. The van der Waals surface area contributed by atoms with Crippen LogP contribution in [0.4, 0.5) is 13.2 Å². The van der Waals surface area contributed by atoms with E-state index in [2.05, 4.69) is 10.3 Å². The molecule has 15 heteroatoms. The molecule has 0 saturated carbocycles. The van der Waals surface area contributed by atoms with Gasteiger partial charge in [0.15, 0.2) is 17.5 Å². The second kappa shape index (κ2) is 10.7. The first-order valence-electron chi connectivity index (χ1n) is 9.77. The van der Waals surface area contributed by atoms with Crippen molar-refractivity contribution in [1.29, 1.82) is 0 Å². The Kier molecular flexibility index (Phi) is 8.03. The van der Waals surface area contributed by atoms with Gasteiger partial charge in [0.2, 0.25) is 6.29 Å². The molecule has 1 aliphatic rings. The van der Waals surface area contributed by atoms with Crippen LogP contribution in [0.15, 0.2) is 30.5 Å². The molecule has 0 bridgehead atoms. The molecular weight excluding hydrogens is 558 g/mol. The van der Waals surface area contributed by atoms with Gasteiger partial charge in [-0.2, -0.15) is 4.09 Å². The first-order chi connectivity index (χ1) is 16.6. The first-order valence-corrected chi connectivity index (χ1v) is 11.7. The summed E-state index contributed by atoms with van der Waals surface area (Å²) in [5.41, 5.74) is -0.0783. The molecule has 3 aromatic rings. The lowest BCUT2D eigenvalue weighted by Gasteiger charge is -2.41. The monoisotopic (exact) mass is 571 g/mol. The first kappa shape index (κ1) is 26.3. The van der Waals surface area contributed by atoms with Crippen LogP contribution in [0.1, 0.15) is 0 Å². The predicted octanol–water partition coefficient (Wildman–Crippen LogP) is 3.71. The molecule has 0 radical (unpaired) electrons. The molecule has 4 rings (SSSR count). The summed E-state index contributed by atoms with van der Waals surface area (Å²) in [6, 6.07) is 4.15. The van der Waals surface area contributed by atoms with Gasteiger partial charge in [0, 0.05) is 11.6 Å². The van der Waals surface area contributed by atoms with Gasteiger partial charge in [0.25, 0.3) is 0 Å². The maximum absolute atomic E-state index is 13.6. The molecule has 0 amide bonds. The van der Waals surface area contributed by atoms with Crippen molar-refractivity contribution < 1.29 is 38.0 Å². The Hall–Kier alpha value is -1.77. The van der Waals surface area contributed by atoms with Crippen molar-refractivity contribution in [3.63, 3.8) is 0 Å². The third-order valence-corrected chi connectivity index (χ3v) is 7.24. The number of aliphatic hydroxyl groups excluding tert-OH is 3. The highest BCUT2D eigenvalue weighted by Gasteiger charge is 2.47. The molecule has 0 spiro atoms. The van der Waals surface area contributed by atoms with E-state index in [1.54, 1.807) is 0 Å². The third-order valence-electron chi connectivity index (χ3n) is 5.02. The summed E-state index contributed by atoms with van der Waals surface area (Å²) >= 11 is 18.8. The molecule has 1 saturated heterocycles. The van der Waals surface area contributed by atoms with Gasteiger partial charge < -0.3 is 24.8 Å². The molecule has 0 aliphatic carbocycles. The molecule has 1 aromatic heterocycles. The molecular formula is C20H15Cl3F3N3O5S. The summed E-state index contributed by atoms with van der Waals surface area (Å²) in [5.74, 6) is -4.38. The van der Waals surface area contributed by atoms with Crippen LogP contribution in [0, 0.1) is 17.5 Å². The van der Waals surface area contributed by atoms with Crippen LogP contribution in [0.25, 0.3) is 11.3 Å². The Labute approximate surface area is 215 Å². The maximum Gasteiger partial charge on any atom is 0.227 e. The topological polar surface area (TPSA) is 110 Å². The molecule has 8 nitrogen and oxygen atoms in total. The summed E-state index contributed by atoms with van der Waals surface area (Å²) in [5, 5.41) is 38.0. The number of benzene rings is 2. The van der Waals surface area contributed by atoms with E-state index in [1.807, 2.05) is 0 Å². The molecule has 188 valence electrons. The van der Waals surface area contributed by atoms with E-state index >= 15 is 0 Å². The molecule has 5 atom stereocenters. The maximum atomic E-state index is 13.6. The molecule has 1 aliphatic heterocycles. The molecule has 1 fully saturated rings. The Morgan fingerprint density at radius 3 is 2.31 bits per heavy atom. The number of aromatic nitrogens is 3. The van der Waals surface area contributed by atoms with E-state index in [-0.39, 0.29) is 32.1 Å².